The molecule has 0 aliphatic carbocycles. The van der Waals surface area contributed by atoms with Gasteiger partial charge >= 0.3 is 0 Å². The lowest BCUT2D eigenvalue weighted by Gasteiger charge is -2.04. The van der Waals surface area contributed by atoms with Crippen LogP contribution in [0.15, 0.2) is 47.3 Å². The van der Waals surface area contributed by atoms with Crippen LogP contribution < -0.4 is 10.1 Å². The van der Waals surface area contributed by atoms with Crippen molar-refractivity contribution in [2.75, 3.05) is 13.7 Å². The topological polar surface area (TPSA) is 82.2 Å². The molecule has 25 heavy (non-hydrogen) atoms. The van der Waals surface area contributed by atoms with Gasteiger partial charge in [0.05, 0.1) is 19.0 Å². The van der Waals surface area contributed by atoms with Gasteiger partial charge in [0.1, 0.15) is 17.7 Å². The van der Waals surface area contributed by atoms with Gasteiger partial charge in [-0.25, -0.2) is 0 Å². The number of aromatic nitrogens is 3. The zero-order valence-electron chi connectivity index (χ0n) is 14.2. The SMILES string of the molecule is COc1cccc(-c2cc(C(=O)NCCCc3cnoc3)n(C)n2)c1. The summed E-state index contributed by atoms with van der Waals surface area (Å²) in [6, 6.07) is 9.38. The van der Waals surface area contributed by atoms with E-state index in [1.54, 1.807) is 37.4 Å². The number of methoxy groups -OCH3 is 1. The van der Waals surface area contributed by atoms with Gasteiger partial charge in [-0.3, -0.25) is 9.48 Å². The molecule has 0 saturated carbocycles. The summed E-state index contributed by atoms with van der Waals surface area (Å²) >= 11 is 0. The van der Waals surface area contributed by atoms with Crippen LogP contribution in [0.1, 0.15) is 22.5 Å². The van der Waals surface area contributed by atoms with E-state index in [0.717, 1.165) is 35.4 Å². The van der Waals surface area contributed by atoms with E-state index in [9.17, 15) is 4.79 Å². The third-order valence-electron chi connectivity index (χ3n) is 3.89. The number of amides is 1. The third kappa shape index (κ3) is 4.06. The number of hydrogen-bond donors (Lipinski definition) is 1. The Kier molecular flexibility index (Phi) is 5.13. The summed E-state index contributed by atoms with van der Waals surface area (Å²) in [5.74, 6) is 0.609. The summed E-state index contributed by atoms with van der Waals surface area (Å²) in [6.45, 7) is 0.573. The monoisotopic (exact) mass is 340 g/mol. The summed E-state index contributed by atoms with van der Waals surface area (Å²) in [5.41, 5.74) is 3.18. The van der Waals surface area contributed by atoms with Gasteiger partial charge < -0.3 is 14.6 Å². The Morgan fingerprint density at radius 3 is 3.00 bits per heavy atom. The number of aryl methyl sites for hydroxylation is 2. The first-order chi connectivity index (χ1) is 12.2. The second-order valence-corrected chi connectivity index (χ2v) is 5.66. The van der Waals surface area contributed by atoms with E-state index in [0.29, 0.717) is 12.2 Å². The number of carbonyl (C=O) groups excluding carboxylic acids is 1. The fourth-order valence-electron chi connectivity index (χ4n) is 2.54. The first-order valence-electron chi connectivity index (χ1n) is 8.02. The summed E-state index contributed by atoms with van der Waals surface area (Å²) < 4.78 is 11.6. The minimum absolute atomic E-state index is 0.144. The molecule has 0 unspecified atom stereocenters. The van der Waals surface area contributed by atoms with Crippen LogP contribution in [0.2, 0.25) is 0 Å². The van der Waals surface area contributed by atoms with Gasteiger partial charge in [-0.15, -0.1) is 0 Å². The Hall–Kier alpha value is -3.09. The molecule has 0 bridgehead atoms. The van der Waals surface area contributed by atoms with E-state index in [2.05, 4.69) is 15.6 Å². The fourth-order valence-corrected chi connectivity index (χ4v) is 2.54. The van der Waals surface area contributed by atoms with Gasteiger partial charge in [-0.1, -0.05) is 17.3 Å². The zero-order valence-corrected chi connectivity index (χ0v) is 14.2. The van der Waals surface area contributed by atoms with Crippen molar-refractivity contribution in [1.82, 2.24) is 20.3 Å². The molecule has 0 radical (unpaired) electrons. The molecular weight excluding hydrogens is 320 g/mol. The van der Waals surface area contributed by atoms with Crippen LogP contribution >= 0.6 is 0 Å². The number of nitrogens with zero attached hydrogens (tertiary/aromatic N) is 3. The van der Waals surface area contributed by atoms with Gasteiger partial charge in [0.15, 0.2) is 0 Å². The average Bonchev–Trinajstić information content (AvgIpc) is 3.28. The van der Waals surface area contributed by atoms with E-state index in [1.807, 2.05) is 24.3 Å². The van der Waals surface area contributed by atoms with E-state index < -0.39 is 0 Å². The Morgan fingerprint density at radius 1 is 1.36 bits per heavy atom. The molecule has 0 saturated heterocycles. The van der Waals surface area contributed by atoms with E-state index in [4.69, 9.17) is 9.26 Å². The summed E-state index contributed by atoms with van der Waals surface area (Å²) in [5, 5.41) is 11.0. The highest BCUT2D eigenvalue weighted by Gasteiger charge is 2.14. The van der Waals surface area contributed by atoms with Crippen molar-refractivity contribution in [3.63, 3.8) is 0 Å². The minimum Gasteiger partial charge on any atom is -0.497 e. The van der Waals surface area contributed by atoms with Crippen LogP contribution in [-0.4, -0.2) is 34.5 Å². The Labute approximate surface area is 145 Å². The highest BCUT2D eigenvalue weighted by molar-refractivity contribution is 5.93. The van der Waals surface area contributed by atoms with Crippen LogP contribution in [0, 0.1) is 0 Å². The number of carbonyl (C=O) groups is 1. The maximum Gasteiger partial charge on any atom is 0.269 e. The standard InChI is InChI=1S/C18H20N4O3/c1-22-17(18(23)19-8-4-5-13-11-20-25-12-13)10-16(21-22)14-6-3-7-15(9-14)24-2/h3,6-7,9-12H,4-5,8H2,1-2H3,(H,19,23). The normalized spacial score (nSPS) is 10.6. The molecular formula is C18H20N4O3. The number of nitrogens with one attached hydrogen (secondary N) is 1. The summed E-state index contributed by atoms with van der Waals surface area (Å²) in [4.78, 5) is 12.4. The number of rotatable bonds is 7. The number of hydrogen-bond acceptors (Lipinski definition) is 5. The molecule has 3 rings (SSSR count). The van der Waals surface area contributed by atoms with Gasteiger partial charge in [0.2, 0.25) is 0 Å². The molecule has 130 valence electrons. The second-order valence-electron chi connectivity index (χ2n) is 5.66. The first-order valence-corrected chi connectivity index (χ1v) is 8.02. The van der Waals surface area contributed by atoms with Crippen LogP contribution in [0.3, 0.4) is 0 Å². The molecule has 7 nitrogen and oxygen atoms in total. The number of ether oxygens (including phenoxy) is 1. The van der Waals surface area contributed by atoms with E-state index in [1.165, 1.54) is 0 Å². The molecule has 2 heterocycles. The molecule has 1 aromatic carbocycles. The molecule has 0 aliphatic rings. The Bertz CT molecular complexity index is 840. The molecule has 7 heteroatoms. The lowest BCUT2D eigenvalue weighted by molar-refractivity contribution is 0.0944. The molecule has 0 aliphatic heterocycles. The lowest BCUT2D eigenvalue weighted by Crippen LogP contribution is -2.26. The van der Waals surface area contributed by atoms with Gasteiger partial charge in [-0.2, -0.15) is 5.10 Å². The van der Waals surface area contributed by atoms with Crippen molar-refractivity contribution in [3.05, 3.63) is 54.0 Å². The third-order valence-corrected chi connectivity index (χ3v) is 3.89. The highest BCUT2D eigenvalue weighted by atomic mass is 16.5. The van der Waals surface area contributed by atoms with Gasteiger partial charge in [0.25, 0.3) is 5.91 Å². The van der Waals surface area contributed by atoms with E-state index in [-0.39, 0.29) is 5.91 Å². The van der Waals surface area contributed by atoms with Crippen molar-refractivity contribution in [3.8, 4) is 17.0 Å². The minimum atomic E-state index is -0.144. The van der Waals surface area contributed by atoms with Crippen LogP contribution in [0.25, 0.3) is 11.3 Å². The lowest BCUT2D eigenvalue weighted by atomic mass is 10.1. The molecule has 1 amide bonds. The maximum atomic E-state index is 12.4. The van der Waals surface area contributed by atoms with E-state index >= 15 is 0 Å². The molecule has 1 N–H and O–H groups in total. The molecule has 2 aromatic heterocycles. The predicted octanol–water partition coefficient (Wildman–Crippen LogP) is 2.45. The van der Waals surface area contributed by atoms with Crippen molar-refractivity contribution < 1.29 is 14.1 Å². The van der Waals surface area contributed by atoms with Crippen LogP contribution in [0.5, 0.6) is 5.75 Å². The second kappa shape index (κ2) is 7.65. The van der Waals surface area contributed by atoms with Crippen LogP contribution in [-0.2, 0) is 13.5 Å². The predicted molar refractivity (Wildman–Crippen MR) is 92.4 cm³/mol. The number of benzene rings is 1. The summed E-state index contributed by atoms with van der Waals surface area (Å²) in [7, 11) is 3.38. The highest BCUT2D eigenvalue weighted by Crippen LogP contribution is 2.23. The Morgan fingerprint density at radius 2 is 2.24 bits per heavy atom. The van der Waals surface area contributed by atoms with Gasteiger partial charge in [0, 0.05) is 24.7 Å². The molecule has 3 aromatic rings. The van der Waals surface area contributed by atoms with Crippen molar-refractivity contribution in [2.24, 2.45) is 7.05 Å². The zero-order chi connectivity index (χ0) is 17.6. The van der Waals surface area contributed by atoms with Crippen LogP contribution in [0.4, 0.5) is 0 Å². The van der Waals surface area contributed by atoms with Crippen molar-refractivity contribution in [2.45, 2.75) is 12.8 Å². The smallest absolute Gasteiger partial charge is 0.269 e. The Balaban J connectivity index is 1.62. The molecule has 0 atom stereocenters. The molecule has 0 fully saturated rings. The quantitative estimate of drug-likeness (QED) is 0.668. The van der Waals surface area contributed by atoms with Crippen molar-refractivity contribution in [1.29, 1.82) is 0 Å². The van der Waals surface area contributed by atoms with Crippen molar-refractivity contribution >= 4 is 5.91 Å². The first kappa shape index (κ1) is 16.8. The largest absolute Gasteiger partial charge is 0.497 e. The fraction of sp³-hybridized carbons (Fsp3) is 0.278. The maximum absolute atomic E-state index is 12.4. The molecule has 0 spiro atoms. The average molecular weight is 340 g/mol. The summed E-state index contributed by atoms with van der Waals surface area (Å²) in [6.07, 6.45) is 4.92. The van der Waals surface area contributed by atoms with Gasteiger partial charge in [-0.05, 0) is 31.0 Å².